The number of aromatic nitrogens is 2. The first kappa shape index (κ1) is 14.1. The van der Waals surface area contributed by atoms with Gasteiger partial charge in [-0.1, -0.05) is 18.2 Å². The van der Waals surface area contributed by atoms with Crippen LogP contribution in [0.2, 0.25) is 0 Å². The summed E-state index contributed by atoms with van der Waals surface area (Å²) in [5.41, 5.74) is 11.9. The minimum Gasteiger partial charge on any atom is -0.366 e. The van der Waals surface area contributed by atoms with Gasteiger partial charge < -0.3 is 10.7 Å². The van der Waals surface area contributed by atoms with Crippen LogP contribution in [0.3, 0.4) is 0 Å². The smallest absolute Gasteiger partial charge is 0.250 e. The van der Waals surface area contributed by atoms with Crippen LogP contribution in [0.25, 0.3) is 22.5 Å². The summed E-state index contributed by atoms with van der Waals surface area (Å²) in [5.74, 6) is -0.438. The Kier molecular flexibility index (Phi) is 3.51. The third kappa shape index (κ3) is 2.39. The maximum Gasteiger partial charge on any atom is 0.250 e. The quantitative estimate of drug-likeness (QED) is 0.775. The number of carbonyl (C=O) groups excluding carboxylic acids is 1. The van der Waals surface area contributed by atoms with Crippen LogP contribution in [0.5, 0.6) is 0 Å². The number of pyridine rings is 1. The molecule has 3 rings (SSSR count). The molecule has 0 fully saturated rings. The fourth-order valence-corrected chi connectivity index (χ4v) is 2.57. The predicted octanol–water partition coefficient (Wildman–Crippen LogP) is 3.46. The highest BCUT2D eigenvalue weighted by atomic mass is 16.1. The predicted molar refractivity (Wildman–Crippen MR) is 87.5 cm³/mol. The van der Waals surface area contributed by atoms with Crippen molar-refractivity contribution < 1.29 is 4.79 Å². The number of rotatable bonds is 3. The van der Waals surface area contributed by atoms with Gasteiger partial charge in [-0.2, -0.15) is 0 Å². The number of hydrogen-bond acceptors (Lipinski definition) is 2. The second-order valence-electron chi connectivity index (χ2n) is 5.32. The molecule has 0 aliphatic carbocycles. The lowest BCUT2D eigenvalue weighted by Crippen LogP contribution is -2.11. The molecule has 0 aliphatic heterocycles. The number of benzene rings is 1. The van der Waals surface area contributed by atoms with Crippen molar-refractivity contribution in [3.63, 3.8) is 0 Å². The van der Waals surface area contributed by atoms with Crippen molar-refractivity contribution >= 4 is 5.91 Å². The molecular weight excluding hydrogens is 274 g/mol. The summed E-state index contributed by atoms with van der Waals surface area (Å²) in [7, 11) is 0. The van der Waals surface area contributed by atoms with E-state index in [-0.39, 0.29) is 0 Å². The second-order valence-corrected chi connectivity index (χ2v) is 5.32. The van der Waals surface area contributed by atoms with Gasteiger partial charge in [-0.05, 0) is 43.2 Å². The van der Waals surface area contributed by atoms with Crippen LogP contribution in [-0.4, -0.2) is 15.9 Å². The van der Waals surface area contributed by atoms with Gasteiger partial charge in [-0.25, -0.2) is 0 Å². The van der Waals surface area contributed by atoms with Crippen LogP contribution in [-0.2, 0) is 0 Å². The summed E-state index contributed by atoms with van der Waals surface area (Å²) < 4.78 is 0. The highest BCUT2D eigenvalue weighted by Crippen LogP contribution is 2.31. The minimum absolute atomic E-state index is 0.438. The van der Waals surface area contributed by atoms with E-state index >= 15 is 0 Å². The second kappa shape index (κ2) is 5.48. The van der Waals surface area contributed by atoms with E-state index < -0.39 is 5.91 Å². The maximum atomic E-state index is 11.8. The summed E-state index contributed by atoms with van der Waals surface area (Å²) in [5, 5.41) is 0. The molecule has 0 bridgehead atoms. The van der Waals surface area contributed by atoms with E-state index in [0.29, 0.717) is 5.56 Å². The number of nitrogens with zero attached hydrogens (tertiary/aromatic N) is 1. The lowest BCUT2D eigenvalue weighted by Gasteiger charge is -2.08. The van der Waals surface area contributed by atoms with Crippen molar-refractivity contribution in [1.82, 2.24) is 9.97 Å². The van der Waals surface area contributed by atoms with Crippen molar-refractivity contribution in [2.45, 2.75) is 13.8 Å². The lowest BCUT2D eigenvalue weighted by atomic mass is 9.99. The molecule has 110 valence electrons. The fraction of sp³-hybridized carbons (Fsp3) is 0.111. The van der Waals surface area contributed by atoms with Gasteiger partial charge in [-0.3, -0.25) is 9.78 Å². The number of hydrogen-bond donors (Lipinski definition) is 2. The van der Waals surface area contributed by atoms with Crippen LogP contribution in [0, 0.1) is 13.8 Å². The molecule has 2 aromatic heterocycles. The Balaban J connectivity index is 2.21. The maximum absolute atomic E-state index is 11.8. The number of nitrogens with two attached hydrogens (primary N) is 1. The van der Waals surface area contributed by atoms with Gasteiger partial charge in [-0.15, -0.1) is 0 Å². The van der Waals surface area contributed by atoms with Crippen LogP contribution in [0.15, 0.2) is 48.8 Å². The van der Waals surface area contributed by atoms with E-state index in [1.54, 1.807) is 18.5 Å². The summed E-state index contributed by atoms with van der Waals surface area (Å²) in [6, 6.07) is 11.6. The van der Waals surface area contributed by atoms with Gasteiger partial charge in [0.15, 0.2) is 0 Å². The van der Waals surface area contributed by atoms with E-state index in [2.05, 4.69) is 23.0 Å². The van der Waals surface area contributed by atoms with Gasteiger partial charge >= 0.3 is 0 Å². The highest BCUT2D eigenvalue weighted by Gasteiger charge is 2.17. The van der Waals surface area contributed by atoms with E-state index in [0.717, 1.165) is 28.1 Å². The Morgan fingerprint density at radius 2 is 1.86 bits per heavy atom. The zero-order valence-electron chi connectivity index (χ0n) is 12.6. The molecule has 2 heterocycles. The molecule has 4 nitrogen and oxygen atoms in total. The Bertz CT molecular complexity index is 835. The molecule has 0 aliphatic rings. The molecule has 3 aromatic rings. The minimum atomic E-state index is -0.438. The van der Waals surface area contributed by atoms with Crippen molar-refractivity contribution in [2.24, 2.45) is 5.73 Å². The zero-order valence-corrected chi connectivity index (χ0v) is 12.6. The molecule has 1 amide bonds. The van der Waals surface area contributed by atoms with Gasteiger partial charge in [0.1, 0.15) is 0 Å². The number of aromatic amines is 1. The van der Waals surface area contributed by atoms with Crippen LogP contribution < -0.4 is 5.73 Å². The molecule has 0 radical (unpaired) electrons. The molecule has 0 spiro atoms. The van der Waals surface area contributed by atoms with E-state index in [1.165, 1.54) is 5.56 Å². The summed E-state index contributed by atoms with van der Waals surface area (Å²) in [6.07, 6.45) is 3.44. The van der Waals surface area contributed by atoms with E-state index in [1.807, 2.05) is 31.2 Å². The molecule has 1 aromatic carbocycles. The Morgan fingerprint density at radius 1 is 1.14 bits per heavy atom. The number of nitrogens with one attached hydrogen (secondary N) is 1. The van der Waals surface area contributed by atoms with Crippen molar-refractivity contribution in [3.8, 4) is 22.5 Å². The zero-order chi connectivity index (χ0) is 15.7. The average molecular weight is 291 g/mol. The molecular formula is C18H17N3O. The third-order valence-electron chi connectivity index (χ3n) is 3.95. The fourth-order valence-electron chi connectivity index (χ4n) is 2.57. The molecule has 3 N–H and O–H groups in total. The molecule has 0 atom stereocenters. The monoisotopic (exact) mass is 291 g/mol. The van der Waals surface area contributed by atoms with Crippen LogP contribution >= 0.6 is 0 Å². The van der Waals surface area contributed by atoms with Crippen LogP contribution in [0.1, 0.15) is 21.5 Å². The Morgan fingerprint density at radius 3 is 2.55 bits per heavy atom. The van der Waals surface area contributed by atoms with Crippen molar-refractivity contribution in [1.29, 1.82) is 0 Å². The number of H-pyrrole nitrogens is 1. The van der Waals surface area contributed by atoms with Crippen LogP contribution in [0.4, 0.5) is 0 Å². The molecule has 22 heavy (non-hydrogen) atoms. The first-order valence-electron chi connectivity index (χ1n) is 7.07. The SMILES string of the molecule is Cc1cccc(-c2[nH]c(-c3ccncc3)cc2C(N)=O)c1C. The third-order valence-corrected chi connectivity index (χ3v) is 3.95. The Labute approximate surface area is 129 Å². The normalized spacial score (nSPS) is 10.6. The molecule has 0 saturated carbocycles. The first-order valence-corrected chi connectivity index (χ1v) is 7.07. The average Bonchev–Trinajstić information content (AvgIpc) is 2.96. The number of carbonyl (C=O) groups is 1. The summed E-state index contributed by atoms with van der Waals surface area (Å²) in [6.45, 7) is 4.10. The molecule has 4 heteroatoms. The van der Waals surface area contributed by atoms with Gasteiger partial charge in [0.05, 0.1) is 11.3 Å². The Hall–Kier alpha value is -2.88. The number of aryl methyl sites for hydroxylation is 1. The van der Waals surface area contributed by atoms with Crippen molar-refractivity contribution in [3.05, 3.63) is 65.5 Å². The number of amides is 1. The largest absolute Gasteiger partial charge is 0.366 e. The van der Waals surface area contributed by atoms with E-state index in [9.17, 15) is 4.79 Å². The highest BCUT2D eigenvalue weighted by molar-refractivity contribution is 6.01. The topological polar surface area (TPSA) is 71.8 Å². The first-order chi connectivity index (χ1) is 10.6. The summed E-state index contributed by atoms with van der Waals surface area (Å²) >= 11 is 0. The van der Waals surface area contributed by atoms with Crippen molar-refractivity contribution in [2.75, 3.05) is 0 Å². The number of primary amides is 1. The standard InChI is InChI=1S/C18H17N3O/c1-11-4-3-5-14(12(11)2)17-15(18(19)22)10-16(21-17)13-6-8-20-9-7-13/h3-10,21H,1-2H3,(H2,19,22). The molecule has 0 saturated heterocycles. The van der Waals surface area contributed by atoms with Gasteiger partial charge in [0, 0.05) is 29.2 Å². The summed E-state index contributed by atoms with van der Waals surface area (Å²) in [4.78, 5) is 19.2. The van der Waals surface area contributed by atoms with Gasteiger partial charge in [0.25, 0.3) is 5.91 Å². The molecule has 0 unspecified atom stereocenters. The lowest BCUT2D eigenvalue weighted by molar-refractivity contribution is 0.100. The van der Waals surface area contributed by atoms with E-state index in [4.69, 9.17) is 5.73 Å². The van der Waals surface area contributed by atoms with Gasteiger partial charge in [0.2, 0.25) is 0 Å².